The van der Waals surface area contributed by atoms with Gasteiger partial charge in [-0.2, -0.15) is 13.2 Å². The molecule has 0 fully saturated rings. The molecule has 4 N–H and O–H groups in total. The Morgan fingerprint density at radius 3 is 2.41 bits per heavy atom. The summed E-state index contributed by atoms with van der Waals surface area (Å²) in [6.45, 7) is -0.220. The van der Waals surface area contributed by atoms with E-state index in [1.165, 1.54) is 24.4 Å². The fourth-order valence-electron chi connectivity index (χ4n) is 4.33. The van der Waals surface area contributed by atoms with E-state index in [1.54, 1.807) is 30.3 Å². The standard InChI is InChI=1S/C28H22F4N4O4S/c1-26(25(33)38)14-40-22-18(26)11-20(36-21(22)15-7-9-17(29)10-8-15)27(39,28(30,31)32)13-34-23(37)19-12-41-24(35-19)16-5-3-2-4-6-16/h2-12,39H,13-14H2,1H3,(H2,33,38)(H,34,37)/t26-,27-/m0/s1. The van der Waals surface area contributed by atoms with Crippen molar-refractivity contribution in [3.63, 3.8) is 0 Å². The maximum absolute atomic E-state index is 14.5. The van der Waals surface area contributed by atoms with Crippen LogP contribution in [0.2, 0.25) is 0 Å². The lowest BCUT2D eigenvalue weighted by Crippen LogP contribution is -2.52. The molecule has 8 nitrogen and oxygen atoms in total. The first kappa shape index (κ1) is 28.2. The summed E-state index contributed by atoms with van der Waals surface area (Å²) in [5.74, 6) is -2.45. The molecule has 0 saturated heterocycles. The van der Waals surface area contributed by atoms with Gasteiger partial charge < -0.3 is 20.9 Å². The number of nitrogens with one attached hydrogen (secondary N) is 1. The van der Waals surface area contributed by atoms with E-state index in [1.807, 2.05) is 0 Å². The molecule has 4 aromatic rings. The fourth-order valence-corrected chi connectivity index (χ4v) is 5.14. The van der Waals surface area contributed by atoms with Gasteiger partial charge in [-0.05, 0) is 37.3 Å². The number of rotatable bonds is 7. The first-order valence-electron chi connectivity index (χ1n) is 12.2. The van der Waals surface area contributed by atoms with E-state index in [0.29, 0.717) is 5.01 Å². The molecule has 1 aliphatic heterocycles. The Bertz CT molecular complexity index is 1630. The van der Waals surface area contributed by atoms with Crippen molar-refractivity contribution >= 4 is 23.2 Å². The Hall–Kier alpha value is -4.36. The van der Waals surface area contributed by atoms with Crippen molar-refractivity contribution in [2.75, 3.05) is 13.2 Å². The summed E-state index contributed by atoms with van der Waals surface area (Å²) in [4.78, 5) is 33.4. The average Bonchev–Trinajstić information content (AvgIpc) is 3.58. The smallest absolute Gasteiger partial charge is 0.424 e. The number of hydrogen-bond donors (Lipinski definition) is 3. The number of amides is 2. The Morgan fingerprint density at radius 1 is 1.10 bits per heavy atom. The van der Waals surface area contributed by atoms with Crippen LogP contribution in [-0.2, 0) is 15.8 Å². The number of halogens is 4. The minimum absolute atomic E-state index is 0.0221. The summed E-state index contributed by atoms with van der Waals surface area (Å²) in [5, 5.41) is 15.1. The number of carbonyl (C=O) groups excluding carboxylic acids is 2. The van der Waals surface area contributed by atoms with Gasteiger partial charge in [0.15, 0.2) is 0 Å². The quantitative estimate of drug-likeness (QED) is 0.277. The van der Waals surface area contributed by atoms with E-state index >= 15 is 0 Å². The molecule has 0 bridgehead atoms. The molecule has 2 amide bonds. The molecule has 2 aromatic heterocycles. The van der Waals surface area contributed by atoms with Gasteiger partial charge in [-0.25, -0.2) is 14.4 Å². The minimum atomic E-state index is -5.33. The number of carbonyl (C=O) groups is 2. The van der Waals surface area contributed by atoms with Gasteiger partial charge in [-0.15, -0.1) is 11.3 Å². The van der Waals surface area contributed by atoms with Gasteiger partial charge in [0.25, 0.3) is 5.91 Å². The zero-order valence-electron chi connectivity index (χ0n) is 21.3. The minimum Gasteiger partial charge on any atom is -0.489 e. The number of fused-ring (bicyclic) bond motifs is 1. The first-order chi connectivity index (χ1) is 19.3. The van der Waals surface area contributed by atoms with Gasteiger partial charge in [0.05, 0.1) is 12.2 Å². The third kappa shape index (κ3) is 5.02. The van der Waals surface area contributed by atoms with Crippen molar-refractivity contribution < 1.29 is 37.0 Å². The van der Waals surface area contributed by atoms with Crippen LogP contribution in [0.15, 0.2) is 66.0 Å². The maximum atomic E-state index is 14.5. The highest BCUT2D eigenvalue weighted by molar-refractivity contribution is 7.13. The number of nitrogens with zero attached hydrogens (tertiary/aromatic N) is 2. The van der Waals surface area contributed by atoms with Crippen LogP contribution in [0.3, 0.4) is 0 Å². The van der Waals surface area contributed by atoms with Crippen LogP contribution < -0.4 is 15.8 Å². The molecule has 0 radical (unpaired) electrons. The van der Waals surface area contributed by atoms with Gasteiger partial charge in [-0.3, -0.25) is 9.59 Å². The average molecular weight is 587 g/mol. The lowest BCUT2D eigenvalue weighted by atomic mass is 9.81. The number of aromatic nitrogens is 2. The van der Waals surface area contributed by atoms with E-state index in [2.05, 4.69) is 15.3 Å². The Labute approximate surface area is 234 Å². The summed E-state index contributed by atoms with van der Waals surface area (Å²) in [7, 11) is 0. The molecule has 1 aliphatic rings. The van der Waals surface area contributed by atoms with Crippen LogP contribution in [0.1, 0.15) is 28.7 Å². The van der Waals surface area contributed by atoms with Crippen molar-refractivity contribution in [2.24, 2.45) is 5.73 Å². The van der Waals surface area contributed by atoms with Crippen LogP contribution in [-0.4, -0.2) is 46.2 Å². The molecule has 13 heteroatoms. The van der Waals surface area contributed by atoms with Crippen molar-refractivity contribution in [2.45, 2.75) is 24.1 Å². The highest BCUT2D eigenvalue weighted by Crippen LogP contribution is 2.47. The third-order valence-corrected chi connectivity index (χ3v) is 7.78. The van der Waals surface area contributed by atoms with Crippen molar-refractivity contribution in [3.8, 4) is 27.6 Å². The molecule has 0 aliphatic carbocycles. The topological polar surface area (TPSA) is 127 Å². The Balaban J connectivity index is 1.54. The second kappa shape index (κ2) is 10.2. The highest BCUT2D eigenvalue weighted by Gasteiger charge is 2.57. The van der Waals surface area contributed by atoms with Crippen LogP contribution in [0.5, 0.6) is 5.75 Å². The number of aliphatic hydroxyl groups is 1. The fraction of sp³-hybridized carbons (Fsp3) is 0.214. The Kier molecular flexibility index (Phi) is 7.03. The summed E-state index contributed by atoms with van der Waals surface area (Å²) < 4.78 is 62.8. The SMILES string of the molecule is C[C@]1(C(N)=O)COc2c1cc([C@@](O)(CNC(=O)c1csc(-c3ccccc3)n1)C(F)(F)F)nc2-c1ccc(F)cc1. The number of pyridine rings is 1. The monoisotopic (exact) mass is 586 g/mol. The molecule has 0 unspecified atom stereocenters. The zero-order valence-corrected chi connectivity index (χ0v) is 22.1. The number of ether oxygens (including phenoxy) is 1. The van der Waals surface area contributed by atoms with Gasteiger partial charge in [0, 0.05) is 22.1 Å². The van der Waals surface area contributed by atoms with Gasteiger partial charge in [0.1, 0.15) is 40.0 Å². The number of nitrogens with two attached hydrogens (primary N) is 1. The molecule has 3 heterocycles. The van der Waals surface area contributed by atoms with Crippen LogP contribution in [0, 0.1) is 5.82 Å². The second-order valence-corrected chi connectivity index (χ2v) is 10.5. The number of thiazole rings is 1. The van der Waals surface area contributed by atoms with E-state index < -0.39 is 47.1 Å². The van der Waals surface area contributed by atoms with E-state index in [-0.39, 0.29) is 34.9 Å². The first-order valence-corrected chi connectivity index (χ1v) is 13.0. The third-order valence-electron chi connectivity index (χ3n) is 6.89. The molecule has 0 spiro atoms. The summed E-state index contributed by atoms with van der Waals surface area (Å²) in [6.07, 6.45) is -5.33. The number of primary amides is 1. The number of alkyl halides is 3. The normalized spacial score (nSPS) is 17.8. The molecule has 0 saturated carbocycles. The summed E-state index contributed by atoms with van der Waals surface area (Å²) >= 11 is 1.13. The highest BCUT2D eigenvalue weighted by atomic mass is 32.1. The van der Waals surface area contributed by atoms with E-state index in [0.717, 1.165) is 35.1 Å². The molecule has 2 aromatic carbocycles. The summed E-state index contributed by atoms with van der Waals surface area (Å²) in [5.41, 5.74) is -0.0363. The predicted octanol–water partition coefficient (Wildman–Crippen LogP) is 4.33. The summed E-state index contributed by atoms with van der Waals surface area (Å²) in [6, 6.07) is 14.5. The van der Waals surface area contributed by atoms with Gasteiger partial charge >= 0.3 is 6.18 Å². The van der Waals surface area contributed by atoms with Crippen molar-refractivity contribution in [1.82, 2.24) is 15.3 Å². The molecular formula is C28H22F4N4O4S. The Morgan fingerprint density at radius 2 is 1.78 bits per heavy atom. The van der Waals surface area contributed by atoms with Gasteiger partial charge in [-0.1, -0.05) is 30.3 Å². The molecule has 212 valence electrons. The maximum Gasteiger partial charge on any atom is 0.424 e. The predicted molar refractivity (Wildman–Crippen MR) is 142 cm³/mol. The van der Waals surface area contributed by atoms with E-state index in [4.69, 9.17) is 10.5 Å². The lowest BCUT2D eigenvalue weighted by Gasteiger charge is -2.31. The van der Waals surface area contributed by atoms with Crippen LogP contribution in [0.4, 0.5) is 17.6 Å². The zero-order chi connectivity index (χ0) is 29.6. The largest absolute Gasteiger partial charge is 0.489 e. The van der Waals surface area contributed by atoms with E-state index in [9.17, 15) is 32.3 Å². The second-order valence-electron chi connectivity index (χ2n) is 9.67. The van der Waals surface area contributed by atoms with Crippen LogP contribution >= 0.6 is 11.3 Å². The number of benzene rings is 2. The molecule has 5 rings (SSSR count). The van der Waals surface area contributed by atoms with Crippen molar-refractivity contribution in [3.05, 3.63) is 88.8 Å². The van der Waals surface area contributed by atoms with Crippen molar-refractivity contribution in [1.29, 1.82) is 0 Å². The van der Waals surface area contributed by atoms with Gasteiger partial charge in [0.2, 0.25) is 11.5 Å². The molecule has 2 atom stereocenters. The number of hydrogen-bond acceptors (Lipinski definition) is 7. The molecular weight excluding hydrogens is 564 g/mol. The van der Waals surface area contributed by atoms with Crippen LogP contribution in [0.25, 0.3) is 21.8 Å². The lowest BCUT2D eigenvalue weighted by molar-refractivity contribution is -0.265. The molecule has 41 heavy (non-hydrogen) atoms.